The average Bonchev–Trinajstić information content (AvgIpc) is 3.02. The van der Waals surface area contributed by atoms with Crippen LogP contribution in [0.4, 0.5) is 0 Å². The lowest BCUT2D eigenvalue weighted by atomic mass is 9.91. The van der Waals surface area contributed by atoms with E-state index in [0.717, 1.165) is 18.1 Å². The molecule has 2 rings (SSSR count). The molecule has 0 saturated carbocycles. The molecule has 2 nitrogen and oxygen atoms in total. The summed E-state index contributed by atoms with van der Waals surface area (Å²) in [5.41, 5.74) is 1.35. The van der Waals surface area contributed by atoms with E-state index < -0.39 is 0 Å². The van der Waals surface area contributed by atoms with E-state index in [-0.39, 0.29) is 5.41 Å². The van der Waals surface area contributed by atoms with Crippen LogP contribution >= 0.6 is 22.7 Å². The van der Waals surface area contributed by atoms with E-state index >= 15 is 0 Å². The molecule has 0 saturated heterocycles. The minimum Gasteiger partial charge on any atom is -0.312 e. The van der Waals surface area contributed by atoms with Gasteiger partial charge in [-0.3, -0.25) is 0 Å². The smallest absolute Gasteiger partial charge is 0.133 e. The van der Waals surface area contributed by atoms with E-state index in [2.05, 4.69) is 50.5 Å². The topological polar surface area (TPSA) is 24.9 Å². The van der Waals surface area contributed by atoms with Crippen molar-refractivity contribution in [2.24, 2.45) is 0 Å². The van der Waals surface area contributed by atoms with Crippen molar-refractivity contribution in [3.8, 4) is 9.88 Å². The Hall–Kier alpha value is -0.710. The molecule has 0 aromatic carbocycles. The molecule has 2 aromatic heterocycles. The van der Waals surface area contributed by atoms with Crippen molar-refractivity contribution in [3.05, 3.63) is 28.1 Å². The number of nitrogens with zero attached hydrogens (tertiary/aromatic N) is 1. The second-order valence-corrected chi connectivity index (χ2v) is 8.08. The van der Waals surface area contributed by atoms with Crippen molar-refractivity contribution in [1.82, 2.24) is 10.3 Å². The lowest BCUT2D eigenvalue weighted by Crippen LogP contribution is -2.19. The summed E-state index contributed by atoms with van der Waals surface area (Å²) in [5.74, 6) is 0. The van der Waals surface area contributed by atoms with Crippen molar-refractivity contribution >= 4 is 22.7 Å². The van der Waals surface area contributed by atoms with Crippen LogP contribution in [-0.2, 0) is 12.0 Å². The van der Waals surface area contributed by atoms with Crippen molar-refractivity contribution < 1.29 is 0 Å². The number of thiazole rings is 1. The summed E-state index contributed by atoms with van der Waals surface area (Å²) in [6, 6.07) is 4.25. The van der Waals surface area contributed by atoms with Crippen LogP contribution in [0.5, 0.6) is 0 Å². The summed E-state index contributed by atoms with van der Waals surface area (Å²) >= 11 is 3.61. The fourth-order valence-corrected chi connectivity index (χ4v) is 4.11. The van der Waals surface area contributed by atoms with Gasteiger partial charge in [0.2, 0.25) is 0 Å². The van der Waals surface area contributed by atoms with E-state index in [4.69, 9.17) is 4.98 Å². The second-order valence-electron chi connectivity index (χ2n) is 6.05. The number of nitrogens with one attached hydrogen (secondary N) is 1. The molecule has 110 valence electrons. The molecule has 0 spiro atoms. The third-order valence-electron chi connectivity index (χ3n) is 3.13. The number of hydrogen-bond donors (Lipinski definition) is 1. The van der Waals surface area contributed by atoms with Gasteiger partial charge in [0.25, 0.3) is 0 Å². The fourth-order valence-electron chi connectivity index (χ4n) is 2.07. The minimum atomic E-state index is 0.105. The first kappa shape index (κ1) is 15.7. The van der Waals surface area contributed by atoms with E-state index in [1.165, 1.54) is 28.3 Å². The highest BCUT2D eigenvalue weighted by atomic mass is 32.1. The third kappa shape index (κ3) is 3.90. The minimum absolute atomic E-state index is 0.105. The molecule has 0 fully saturated rings. The Morgan fingerprint density at radius 1 is 1.30 bits per heavy atom. The van der Waals surface area contributed by atoms with Gasteiger partial charge < -0.3 is 5.32 Å². The lowest BCUT2D eigenvalue weighted by molar-refractivity contribution is 0.558. The van der Waals surface area contributed by atoms with Gasteiger partial charge in [-0.1, -0.05) is 40.2 Å². The van der Waals surface area contributed by atoms with Gasteiger partial charge in [0.15, 0.2) is 0 Å². The molecule has 0 aliphatic rings. The highest BCUT2D eigenvalue weighted by molar-refractivity contribution is 7.21. The second kappa shape index (κ2) is 6.83. The first-order chi connectivity index (χ1) is 9.52. The molecule has 0 unspecified atom stereocenters. The Morgan fingerprint density at radius 3 is 2.70 bits per heavy atom. The quantitative estimate of drug-likeness (QED) is 0.755. The van der Waals surface area contributed by atoms with Gasteiger partial charge in [-0.25, -0.2) is 4.98 Å². The maximum absolute atomic E-state index is 4.91. The van der Waals surface area contributed by atoms with Gasteiger partial charge in [-0.15, -0.1) is 22.7 Å². The molecular weight excluding hydrogens is 284 g/mol. The molecule has 0 amide bonds. The molecule has 2 heterocycles. The van der Waals surface area contributed by atoms with Gasteiger partial charge in [-0.05, 0) is 24.4 Å². The van der Waals surface area contributed by atoms with Crippen molar-refractivity contribution in [1.29, 1.82) is 0 Å². The van der Waals surface area contributed by atoms with Crippen molar-refractivity contribution in [3.63, 3.8) is 0 Å². The summed E-state index contributed by atoms with van der Waals surface area (Å²) in [7, 11) is 0. The van der Waals surface area contributed by atoms with Gasteiger partial charge >= 0.3 is 0 Å². The summed E-state index contributed by atoms with van der Waals surface area (Å²) in [6.07, 6.45) is 2.48. The van der Waals surface area contributed by atoms with Crippen molar-refractivity contribution in [2.75, 3.05) is 6.54 Å². The standard InChI is InChI=1S/C16H24N2S2/c1-5-6-9-17-11-13-14(16(2,3)4)18-15(20-13)12-8-7-10-19-12/h7-8,10,17H,5-6,9,11H2,1-4H3. The van der Waals surface area contributed by atoms with E-state index in [0.29, 0.717) is 0 Å². The molecule has 20 heavy (non-hydrogen) atoms. The molecule has 0 atom stereocenters. The molecule has 1 N–H and O–H groups in total. The number of unbranched alkanes of at least 4 members (excludes halogenated alkanes) is 1. The molecule has 0 radical (unpaired) electrons. The Bertz CT molecular complexity index is 521. The molecule has 0 aliphatic carbocycles. The zero-order chi connectivity index (χ0) is 14.6. The molecular formula is C16H24N2S2. The highest BCUT2D eigenvalue weighted by Gasteiger charge is 2.23. The summed E-state index contributed by atoms with van der Waals surface area (Å²) in [5, 5.41) is 6.83. The average molecular weight is 309 g/mol. The number of rotatable bonds is 6. The van der Waals surface area contributed by atoms with Crippen LogP contribution in [0.25, 0.3) is 9.88 Å². The predicted octanol–water partition coefficient (Wildman–Crippen LogP) is 5.06. The Balaban J connectivity index is 2.20. The van der Waals surface area contributed by atoms with E-state index in [1.54, 1.807) is 11.3 Å². The molecule has 2 aromatic rings. The Labute approximate surface area is 130 Å². The van der Waals surface area contributed by atoms with Gasteiger partial charge in [0.05, 0.1) is 10.6 Å². The lowest BCUT2D eigenvalue weighted by Gasteiger charge is -2.17. The molecule has 0 aliphatic heterocycles. The summed E-state index contributed by atoms with van der Waals surface area (Å²) in [4.78, 5) is 7.58. The summed E-state index contributed by atoms with van der Waals surface area (Å²) in [6.45, 7) is 11.0. The monoisotopic (exact) mass is 308 g/mol. The third-order valence-corrected chi connectivity index (χ3v) is 5.23. The fraction of sp³-hybridized carbons (Fsp3) is 0.562. The zero-order valence-electron chi connectivity index (χ0n) is 12.8. The van der Waals surface area contributed by atoms with Crippen LogP contribution in [-0.4, -0.2) is 11.5 Å². The van der Waals surface area contributed by atoms with Gasteiger partial charge in [0, 0.05) is 16.8 Å². The highest BCUT2D eigenvalue weighted by Crippen LogP contribution is 2.36. The van der Waals surface area contributed by atoms with Gasteiger partial charge in [-0.2, -0.15) is 0 Å². The number of aromatic nitrogens is 1. The van der Waals surface area contributed by atoms with E-state index in [1.807, 2.05) is 11.3 Å². The first-order valence-corrected chi connectivity index (χ1v) is 8.96. The summed E-state index contributed by atoms with van der Waals surface area (Å²) < 4.78 is 0. The molecule has 4 heteroatoms. The van der Waals surface area contributed by atoms with Crippen LogP contribution in [0.3, 0.4) is 0 Å². The van der Waals surface area contributed by atoms with Crippen LogP contribution in [0, 0.1) is 0 Å². The maximum atomic E-state index is 4.91. The Kier molecular flexibility index (Phi) is 5.35. The SMILES string of the molecule is CCCCNCc1sc(-c2cccs2)nc1C(C)(C)C. The molecule has 0 bridgehead atoms. The van der Waals surface area contributed by atoms with Crippen LogP contribution in [0.15, 0.2) is 17.5 Å². The first-order valence-electron chi connectivity index (χ1n) is 7.27. The Morgan fingerprint density at radius 2 is 2.10 bits per heavy atom. The number of thiophene rings is 1. The normalized spacial score (nSPS) is 12.0. The largest absolute Gasteiger partial charge is 0.312 e. The van der Waals surface area contributed by atoms with Crippen molar-refractivity contribution in [2.45, 2.75) is 52.5 Å². The maximum Gasteiger partial charge on any atom is 0.133 e. The van der Waals surface area contributed by atoms with Crippen LogP contribution in [0.1, 0.15) is 51.1 Å². The number of hydrogen-bond acceptors (Lipinski definition) is 4. The van der Waals surface area contributed by atoms with Crippen LogP contribution < -0.4 is 5.32 Å². The predicted molar refractivity (Wildman–Crippen MR) is 90.7 cm³/mol. The zero-order valence-corrected chi connectivity index (χ0v) is 14.5. The van der Waals surface area contributed by atoms with E-state index in [9.17, 15) is 0 Å². The van der Waals surface area contributed by atoms with Crippen LogP contribution in [0.2, 0.25) is 0 Å². The van der Waals surface area contributed by atoms with Gasteiger partial charge in [0.1, 0.15) is 5.01 Å².